The number of carbonyl (C=O) groups excluding carboxylic acids is 1. The van der Waals surface area contributed by atoms with Crippen molar-refractivity contribution in [1.29, 1.82) is 0 Å². The molecule has 2 heterocycles. The van der Waals surface area contributed by atoms with E-state index in [1.165, 1.54) is 0 Å². The number of nitrogens with one attached hydrogen (secondary N) is 1. The molecule has 1 fully saturated rings. The number of rotatable bonds is 11. The number of hydrogen-bond acceptors (Lipinski definition) is 6. The SMILES string of the molecule is C[C@@H]1[C@@H]([Si](C)(C)F)[C@H](CCn2cc(CCO)nn2)O[C@@H]1CCc1cccc(NC(=O)c2ccc(N)cc2)c1. The lowest BCUT2D eigenvalue weighted by Gasteiger charge is -2.28. The summed E-state index contributed by atoms with van der Waals surface area (Å²) in [5, 5.41) is 20.3. The summed E-state index contributed by atoms with van der Waals surface area (Å²) < 4.78 is 23.7. The number of nitrogens with zero attached hydrogens (tertiary/aromatic N) is 3. The fourth-order valence-corrected chi connectivity index (χ4v) is 8.13. The van der Waals surface area contributed by atoms with Crippen LogP contribution in [0.4, 0.5) is 15.5 Å². The van der Waals surface area contributed by atoms with Crippen molar-refractivity contribution in [2.45, 2.75) is 70.0 Å². The molecule has 1 saturated heterocycles. The zero-order valence-electron chi connectivity index (χ0n) is 22.3. The van der Waals surface area contributed by atoms with Crippen LogP contribution < -0.4 is 11.1 Å². The highest BCUT2D eigenvalue weighted by Crippen LogP contribution is 2.47. The largest absolute Gasteiger partial charge is 0.399 e. The van der Waals surface area contributed by atoms with Crippen molar-refractivity contribution in [1.82, 2.24) is 15.0 Å². The van der Waals surface area contributed by atoms with E-state index < -0.39 is 8.41 Å². The number of benzene rings is 2. The minimum absolute atomic E-state index is 0.0329. The van der Waals surface area contributed by atoms with E-state index in [1.807, 2.05) is 30.5 Å². The molecule has 0 spiro atoms. The number of carbonyl (C=O) groups is 1. The first kappa shape index (κ1) is 27.9. The molecular weight excluding hydrogens is 501 g/mol. The number of ether oxygens (including phenoxy) is 1. The molecule has 0 aliphatic carbocycles. The Balaban J connectivity index is 1.36. The Hall–Kier alpha value is -3.08. The number of hydrogen-bond donors (Lipinski definition) is 3. The maximum absolute atomic E-state index is 15.4. The molecule has 4 N–H and O–H groups in total. The molecule has 8 nitrogen and oxygen atoms in total. The third-order valence-corrected chi connectivity index (χ3v) is 9.85. The number of amides is 1. The van der Waals surface area contributed by atoms with Gasteiger partial charge in [-0.2, -0.15) is 0 Å². The summed E-state index contributed by atoms with van der Waals surface area (Å²) in [7, 11) is -2.97. The van der Waals surface area contributed by atoms with Gasteiger partial charge >= 0.3 is 0 Å². The monoisotopic (exact) mass is 539 g/mol. The highest BCUT2D eigenvalue weighted by atomic mass is 28.4. The standard InChI is InChI=1S/C28H38FN5O3Si/c1-19-25(37-26(27(19)38(2,3)29)13-15-34-18-24(14-16-35)32-33-34)12-7-20-5-4-6-23(17-20)31-28(36)21-8-10-22(30)11-9-21/h4-6,8-11,17-19,25-27,35H,7,12-16,30H2,1-3H3,(H,31,36)/t19-,25+,26-,27+/m0/s1. The summed E-state index contributed by atoms with van der Waals surface area (Å²) in [6, 6.07) is 14.6. The molecule has 38 heavy (non-hydrogen) atoms. The smallest absolute Gasteiger partial charge is 0.255 e. The number of aliphatic hydroxyl groups is 1. The van der Waals surface area contributed by atoms with Crippen molar-refractivity contribution in [2.24, 2.45) is 5.92 Å². The van der Waals surface area contributed by atoms with E-state index in [0.29, 0.717) is 30.6 Å². The lowest BCUT2D eigenvalue weighted by Crippen LogP contribution is -2.36. The van der Waals surface area contributed by atoms with Gasteiger partial charge in [0.1, 0.15) is 0 Å². The molecule has 1 aromatic heterocycles. The maximum Gasteiger partial charge on any atom is 0.255 e. The van der Waals surface area contributed by atoms with Crippen LogP contribution in [-0.2, 0) is 24.1 Å². The first-order chi connectivity index (χ1) is 18.1. The second-order valence-corrected chi connectivity index (χ2v) is 14.5. The molecule has 1 aliphatic rings. The van der Waals surface area contributed by atoms with E-state index in [0.717, 1.165) is 29.8 Å². The predicted octanol–water partition coefficient (Wildman–Crippen LogP) is 4.62. The van der Waals surface area contributed by atoms with Gasteiger partial charge in [-0.15, -0.1) is 5.10 Å². The number of nitrogens with two attached hydrogens (primary N) is 1. The molecule has 10 heteroatoms. The second kappa shape index (κ2) is 12.2. The van der Waals surface area contributed by atoms with Crippen molar-refractivity contribution < 1.29 is 18.7 Å². The zero-order valence-corrected chi connectivity index (χ0v) is 23.3. The topological polar surface area (TPSA) is 115 Å². The molecule has 2 aromatic carbocycles. The fourth-order valence-electron chi connectivity index (χ4n) is 5.54. The summed E-state index contributed by atoms with van der Waals surface area (Å²) in [5.41, 5.74) is 9.34. The van der Waals surface area contributed by atoms with Crippen LogP contribution in [0, 0.1) is 5.92 Å². The minimum Gasteiger partial charge on any atom is -0.399 e. The van der Waals surface area contributed by atoms with Crippen molar-refractivity contribution in [2.75, 3.05) is 17.7 Å². The summed E-state index contributed by atoms with van der Waals surface area (Å²) in [4.78, 5) is 12.6. The van der Waals surface area contributed by atoms with Crippen molar-refractivity contribution in [3.8, 4) is 0 Å². The van der Waals surface area contributed by atoms with E-state index in [4.69, 9.17) is 15.6 Å². The number of aliphatic hydroxyl groups excluding tert-OH is 1. The predicted molar refractivity (Wildman–Crippen MR) is 149 cm³/mol. The molecule has 3 aromatic rings. The third-order valence-electron chi connectivity index (χ3n) is 7.37. The van der Waals surface area contributed by atoms with Gasteiger partial charge in [0.05, 0.1) is 17.9 Å². The number of aromatic nitrogens is 3. The Morgan fingerprint density at radius 3 is 2.63 bits per heavy atom. The normalized spacial score (nSPS) is 21.5. The Kier molecular flexibility index (Phi) is 8.96. The van der Waals surface area contributed by atoms with E-state index in [1.54, 1.807) is 42.0 Å². The summed E-state index contributed by atoms with van der Waals surface area (Å²) in [6.07, 6.45) is 4.30. The zero-order chi connectivity index (χ0) is 27.3. The van der Waals surface area contributed by atoms with Crippen LogP contribution >= 0.6 is 0 Å². The molecule has 1 amide bonds. The van der Waals surface area contributed by atoms with E-state index >= 15 is 4.11 Å². The number of aryl methyl sites for hydroxylation is 2. The number of halogens is 1. The van der Waals surface area contributed by atoms with Crippen molar-refractivity contribution in [3.63, 3.8) is 0 Å². The van der Waals surface area contributed by atoms with Gasteiger partial charge in [-0.05, 0) is 80.2 Å². The molecule has 0 bridgehead atoms. The lowest BCUT2D eigenvalue weighted by molar-refractivity contribution is 0.0247. The van der Waals surface area contributed by atoms with E-state index in [2.05, 4.69) is 22.6 Å². The maximum atomic E-state index is 15.4. The lowest BCUT2D eigenvalue weighted by atomic mass is 9.95. The molecule has 4 atom stereocenters. The molecule has 4 rings (SSSR count). The van der Waals surface area contributed by atoms with Crippen LogP contribution in [0.1, 0.15) is 41.4 Å². The van der Waals surface area contributed by atoms with Crippen LogP contribution in [-0.4, -0.2) is 53.2 Å². The Morgan fingerprint density at radius 2 is 1.92 bits per heavy atom. The molecular formula is C28H38FN5O3Si. The Labute approximate surface area is 224 Å². The van der Waals surface area contributed by atoms with Gasteiger partial charge in [0.2, 0.25) is 8.41 Å². The van der Waals surface area contributed by atoms with Crippen molar-refractivity contribution in [3.05, 3.63) is 71.5 Å². The summed E-state index contributed by atoms with van der Waals surface area (Å²) in [6.45, 7) is 6.29. The van der Waals surface area contributed by atoms with Gasteiger partial charge in [0, 0.05) is 48.2 Å². The highest BCUT2D eigenvalue weighted by Gasteiger charge is 2.50. The average Bonchev–Trinajstić information content (AvgIpc) is 3.45. The molecule has 1 aliphatic heterocycles. The second-order valence-electron chi connectivity index (χ2n) is 10.7. The molecule has 0 saturated carbocycles. The first-order valence-electron chi connectivity index (χ1n) is 13.2. The third kappa shape index (κ3) is 7.06. The van der Waals surface area contributed by atoms with Gasteiger partial charge in [0.15, 0.2) is 0 Å². The van der Waals surface area contributed by atoms with Gasteiger partial charge < -0.3 is 25.0 Å². The highest BCUT2D eigenvalue weighted by molar-refractivity contribution is 6.72. The summed E-state index contributed by atoms with van der Waals surface area (Å²) in [5.74, 6) is -0.0765. The number of anilines is 2. The van der Waals surface area contributed by atoms with Crippen LogP contribution in [0.2, 0.25) is 18.6 Å². The molecule has 0 unspecified atom stereocenters. The van der Waals surface area contributed by atoms with Crippen LogP contribution in [0.5, 0.6) is 0 Å². The average molecular weight is 540 g/mol. The van der Waals surface area contributed by atoms with Gasteiger partial charge in [-0.25, -0.2) is 0 Å². The van der Waals surface area contributed by atoms with Crippen LogP contribution in [0.15, 0.2) is 54.7 Å². The summed E-state index contributed by atoms with van der Waals surface area (Å²) >= 11 is 0. The van der Waals surface area contributed by atoms with E-state index in [-0.39, 0.29) is 36.2 Å². The van der Waals surface area contributed by atoms with E-state index in [9.17, 15) is 4.79 Å². The Morgan fingerprint density at radius 1 is 1.16 bits per heavy atom. The quantitative estimate of drug-likeness (QED) is 0.186. The van der Waals surface area contributed by atoms with Gasteiger partial charge in [0.25, 0.3) is 5.91 Å². The minimum atomic E-state index is -2.97. The first-order valence-corrected chi connectivity index (χ1v) is 16.2. The van der Waals surface area contributed by atoms with Gasteiger partial charge in [-0.3, -0.25) is 9.48 Å². The van der Waals surface area contributed by atoms with Crippen molar-refractivity contribution >= 4 is 25.7 Å². The van der Waals surface area contributed by atoms with Crippen LogP contribution in [0.25, 0.3) is 0 Å². The molecule has 0 radical (unpaired) electrons. The molecule has 204 valence electrons. The van der Waals surface area contributed by atoms with Crippen LogP contribution in [0.3, 0.4) is 0 Å². The Bertz CT molecular complexity index is 1210. The number of nitrogen functional groups attached to an aromatic ring is 1. The fraction of sp³-hybridized carbons (Fsp3) is 0.464. The van der Waals surface area contributed by atoms with Gasteiger partial charge in [-0.1, -0.05) is 24.3 Å².